The minimum Gasteiger partial charge on any atom is -0.482 e. The summed E-state index contributed by atoms with van der Waals surface area (Å²) < 4.78 is 5.67. The van der Waals surface area contributed by atoms with Crippen LogP contribution in [0.15, 0.2) is 66.7 Å². The summed E-state index contributed by atoms with van der Waals surface area (Å²) in [4.78, 5) is 27.8. The molecule has 9 heteroatoms. The topological polar surface area (TPSA) is 58.6 Å². The Kier molecular flexibility index (Phi) is 9.48. The number of nitrogens with one attached hydrogen (secondary N) is 1. The van der Waals surface area contributed by atoms with E-state index in [0.717, 1.165) is 5.56 Å². The lowest BCUT2D eigenvalue weighted by Crippen LogP contribution is -2.51. The number of carbonyl (C=O) groups is 2. The van der Waals surface area contributed by atoms with E-state index in [1.807, 2.05) is 30.3 Å². The summed E-state index contributed by atoms with van der Waals surface area (Å²) in [5.41, 5.74) is 1.62. The van der Waals surface area contributed by atoms with E-state index in [1.165, 1.54) is 18.0 Å². The number of amides is 2. The van der Waals surface area contributed by atoms with Crippen LogP contribution in [0.5, 0.6) is 5.75 Å². The summed E-state index contributed by atoms with van der Waals surface area (Å²) in [7, 11) is 1.53. The molecule has 0 fully saturated rings. The SMILES string of the molecule is CNC(=O)C(Cc1ccccc1)N(Cc1ccc(Cl)c(Cl)c1)C(=O)COc1ccc(Cl)cc1Cl. The smallest absolute Gasteiger partial charge is 0.261 e. The lowest BCUT2D eigenvalue weighted by atomic mass is 10.0. The number of hydrogen-bond acceptors (Lipinski definition) is 3. The number of hydrogen-bond donors (Lipinski definition) is 1. The fraction of sp³-hybridized carbons (Fsp3) is 0.200. The molecule has 0 saturated heterocycles. The molecule has 3 aromatic carbocycles. The number of nitrogens with zero attached hydrogens (tertiary/aromatic N) is 1. The second kappa shape index (κ2) is 12.3. The Balaban J connectivity index is 1.90. The molecule has 1 N–H and O–H groups in total. The number of rotatable bonds is 9. The summed E-state index contributed by atoms with van der Waals surface area (Å²) in [5.74, 6) is -0.392. The summed E-state index contributed by atoms with van der Waals surface area (Å²) in [5, 5.41) is 4.15. The number of benzene rings is 3. The Bertz CT molecular complexity index is 1160. The van der Waals surface area contributed by atoms with Crippen molar-refractivity contribution < 1.29 is 14.3 Å². The zero-order valence-electron chi connectivity index (χ0n) is 18.2. The maximum absolute atomic E-state index is 13.4. The Hall–Kier alpha value is -2.44. The third-order valence-electron chi connectivity index (χ3n) is 5.10. The molecule has 34 heavy (non-hydrogen) atoms. The van der Waals surface area contributed by atoms with E-state index in [4.69, 9.17) is 51.1 Å². The highest BCUT2D eigenvalue weighted by Gasteiger charge is 2.30. The number of ether oxygens (including phenoxy) is 1. The quantitative estimate of drug-likeness (QED) is 0.359. The molecule has 178 valence electrons. The molecule has 5 nitrogen and oxygen atoms in total. The largest absolute Gasteiger partial charge is 0.482 e. The van der Waals surface area contributed by atoms with Crippen molar-refractivity contribution in [3.05, 3.63) is 97.9 Å². The van der Waals surface area contributed by atoms with Crippen LogP contribution >= 0.6 is 46.4 Å². The van der Waals surface area contributed by atoms with Gasteiger partial charge >= 0.3 is 0 Å². The van der Waals surface area contributed by atoms with Gasteiger partial charge in [0.25, 0.3) is 5.91 Å². The van der Waals surface area contributed by atoms with Gasteiger partial charge in [-0.3, -0.25) is 9.59 Å². The molecule has 0 saturated carbocycles. The van der Waals surface area contributed by atoms with Crippen LogP contribution in [0.2, 0.25) is 20.1 Å². The van der Waals surface area contributed by atoms with Gasteiger partial charge in [0, 0.05) is 25.0 Å². The van der Waals surface area contributed by atoms with Crippen molar-refractivity contribution in [1.82, 2.24) is 10.2 Å². The zero-order valence-corrected chi connectivity index (χ0v) is 21.3. The van der Waals surface area contributed by atoms with Crippen molar-refractivity contribution in [1.29, 1.82) is 0 Å². The predicted octanol–water partition coefficient (Wildman–Crippen LogP) is 6.07. The fourth-order valence-electron chi connectivity index (χ4n) is 3.37. The van der Waals surface area contributed by atoms with Crippen LogP contribution < -0.4 is 10.1 Å². The van der Waals surface area contributed by atoms with E-state index in [9.17, 15) is 9.59 Å². The zero-order chi connectivity index (χ0) is 24.7. The third kappa shape index (κ3) is 7.03. The Labute approximate surface area is 218 Å². The molecule has 3 rings (SSSR count). The molecule has 0 aromatic heterocycles. The average Bonchev–Trinajstić information content (AvgIpc) is 2.83. The highest BCUT2D eigenvalue weighted by molar-refractivity contribution is 6.42. The minimum atomic E-state index is -0.793. The molecule has 0 bridgehead atoms. The van der Waals surface area contributed by atoms with Gasteiger partial charge in [-0.2, -0.15) is 0 Å². The molecule has 0 heterocycles. The summed E-state index contributed by atoms with van der Waals surface area (Å²) in [6.07, 6.45) is 0.315. The Morgan fingerprint density at radius 2 is 1.62 bits per heavy atom. The summed E-state index contributed by atoms with van der Waals surface area (Å²) in [6.45, 7) is -0.205. The van der Waals surface area contributed by atoms with E-state index in [0.29, 0.717) is 32.8 Å². The van der Waals surface area contributed by atoms with Gasteiger partial charge in [-0.15, -0.1) is 0 Å². The monoisotopic (exact) mass is 538 g/mol. The average molecular weight is 540 g/mol. The molecule has 0 aliphatic rings. The maximum atomic E-state index is 13.4. The van der Waals surface area contributed by atoms with Gasteiger partial charge in [0.2, 0.25) is 5.91 Å². The molecule has 2 amide bonds. The first-order valence-corrected chi connectivity index (χ1v) is 11.9. The van der Waals surface area contributed by atoms with Gasteiger partial charge in [0.15, 0.2) is 6.61 Å². The number of likely N-dealkylation sites (N-methyl/N-ethyl adjacent to an activating group) is 1. The van der Waals surface area contributed by atoms with Gasteiger partial charge in [-0.05, 0) is 41.5 Å². The predicted molar refractivity (Wildman–Crippen MR) is 137 cm³/mol. The minimum absolute atomic E-state index is 0.123. The highest BCUT2D eigenvalue weighted by Crippen LogP contribution is 2.28. The van der Waals surface area contributed by atoms with Crippen LogP contribution in [0.3, 0.4) is 0 Å². The van der Waals surface area contributed by atoms with Crippen molar-refractivity contribution in [2.75, 3.05) is 13.7 Å². The van der Waals surface area contributed by atoms with Crippen molar-refractivity contribution in [2.24, 2.45) is 0 Å². The normalized spacial score (nSPS) is 11.6. The van der Waals surface area contributed by atoms with Crippen LogP contribution in [-0.2, 0) is 22.6 Å². The first-order chi connectivity index (χ1) is 16.3. The van der Waals surface area contributed by atoms with Gasteiger partial charge in [0.05, 0.1) is 15.1 Å². The van der Waals surface area contributed by atoms with E-state index in [-0.39, 0.29) is 24.1 Å². The molecular formula is C25H22Cl4N2O3. The maximum Gasteiger partial charge on any atom is 0.261 e. The summed E-state index contributed by atoms with van der Waals surface area (Å²) >= 11 is 24.3. The molecule has 3 aromatic rings. The van der Waals surface area contributed by atoms with E-state index in [2.05, 4.69) is 5.32 Å². The molecule has 0 aliphatic carbocycles. The standard InChI is InChI=1S/C25H22Cl4N2O3/c1-30-25(33)22(12-16-5-3-2-4-6-16)31(14-17-7-9-19(27)20(28)11-17)24(32)15-34-23-10-8-18(26)13-21(23)29/h2-11,13,22H,12,14-15H2,1H3,(H,30,33). The van der Waals surface area contributed by atoms with Gasteiger partial charge in [-0.1, -0.05) is 82.8 Å². The van der Waals surface area contributed by atoms with Crippen molar-refractivity contribution in [3.63, 3.8) is 0 Å². The molecular weight excluding hydrogens is 518 g/mol. The van der Waals surface area contributed by atoms with Crippen LogP contribution in [0.4, 0.5) is 0 Å². The van der Waals surface area contributed by atoms with E-state index < -0.39 is 11.9 Å². The lowest BCUT2D eigenvalue weighted by molar-refractivity contribution is -0.142. The van der Waals surface area contributed by atoms with E-state index in [1.54, 1.807) is 30.3 Å². The van der Waals surface area contributed by atoms with Gasteiger partial charge in [0.1, 0.15) is 11.8 Å². The van der Waals surface area contributed by atoms with Crippen molar-refractivity contribution in [3.8, 4) is 5.75 Å². The summed E-state index contributed by atoms with van der Waals surface area (Å²) in [6, 6.07) is 18.5. The molecule has 0 aliphatic heterocycles. The van der Waals surface area contributed by atoms with Crippen molar-refractivity contribution >= 4 is 58.2 Å². The second-order valence-corrected chi connectivity index (χ2v) is 9.11. The molecule has 0 radical (unpaired) electrons. The lowest BCUT2D eigenvalue weighted by Gasteiger charge is -2.31. The van der Waals surface area contributed by atoms with Crippen LogP contribution in [-0.4, -0.2) is 36.4 Å². The van der Waals surface area contributed by atoms with Crippen LogP contribution in [0.1, 0.15) is 11.1 Å². The number of halogens is 4. The van der Waals surface area contributed by atoms with Crippen LogP contribution in [0, 0.1) is 0 Å². The first-order valence-electron chi connectivity index (χ1n) is 10.3. The molecule has 0 spiro atoms. The highest BCUT2D eigenvalue weighted by atomic mass is 35.5. The van der Waals surface area contributed by atoms with E-state index >= 15 is 0 Å². The van der Waals surface area contributed by atoms with Gasteiger partial charge < -0.3 is 15.0 Å². The fourth-order valence-corrected chi connectivity index (χ4v) is 4.15. The van der Waals surface area contributed by atoms with Crippen LogP contribution in [0.25, 0.3) is 0 Å². The molecule has 1 unspecified atom stereocenters. The third-order valence-corrected chi connectivity index (χ3v) is 6.37. The Morgan fingerprint density at radius 1 is 0.882 bits per heavy atom. The second-order valence-electron chi connectivity index (χ2n) is 7.45. The molecule has 1 atom stereocenters. The Morgan fingerprint density at radius 3 is 2.26 bits per heavy atom. The first kappa shape index (κ1) is 26.2. The van der Waals surface area contributed by atoms with Crippen molar-refractivity contribution in [2.45, 2.75) is 19.0 Å². The van der Waals surface area contributed by atoms with Gasteiger partial charge in [-0.25, -0.2) is 0 Å². The number of carbonyl (C=O) groups excluding carboxylic acids is 2.